The lowest BCUT2D eigenvalue weighted by atomic mass is 10.1. The average molecular weight is 358 g/mol. The molecule has 1 aromatic rings. The van der Waals surface area contributed by atoms with Crippen molar-refractivity contribution in [1.29, 1.82) is 0 Å². The van der Waals surface area contributed by atoms with Gasteiger partial charge in [0.1, 0.15) is 0 Å². The van der Waals surface area contributed by atoms with E-state index in [9.17, 15) is 9.59 Å². The molecule has 0 saturated carbocycles. The van der Waals surface area contributed by atoms with Gasteiger partial charge in [-0.15, -0.1) is 11.8 Å². The number of likely N-dealkylation sites (tertiary alicyclic amines) is 1. The quantitative estimate of drug-likeness (QED) is 0.792. The van der Waals surface area contributed by atoms with Gasteiger partial charge >= 0.3 is 5.97 Å². The Morgan fingerprint density at radius 2 is 2.22 bits per heavy atom. The number of ether oxygens (including phenoxy) is 1. The van der Waals surface area contributed by atoms with Gasteiger partial charge in [0.25, 0.3) is 5.91 Å². The van der Waals surface area contributed by atoms with E-state index in [-0.39, 0.29) is 24.5 Å². The molecule has 1 N–H and O–H groups in total. The number of carboxylic acids is 1. The number of halogens is 1. The van der Waals surface area contributed by atoms with Crippen LogP contribution in [-0.4, -0.2) is 53.4 Å². The molecule has 1 saturated heterocycles. The fourth-order valence-corrected chi connectivity index (χ4v) is 3.86. The zero-order chi connectivity index (χ0) is 17.0. The number of amides is 1. The van der Waals surface area contributed by atoms with Gasteiger partial charge in [-0.2, -0.15) is 0 Å². The van der Waals surface area contributed by atoms with Crippen molar-refractivity contribution in [1.82, 2.24) is 4.90 Å². The normalized spacial score (nSPS) is 20.7. The molecule has 0 aromatic heterocycles. The Kier molecular flexibility index (Phi) is 6.33. The maximum Gasteiger partial charge on any atom is 0.305 e. The molecule has 1 fully saturated rings. The summed E-state index contributed by atoms with van der Waals surface area (Å²) in [7, 11) is 1.58. The van der Waals surface area contributed by atoms with E-state index < -0.39 is 5.97 Å². The van der Waals surface area contributed by atoms with Gasteiger partial charge in [0.15, 0.2) is 0 Å². The second-order valence-electron chi connectivity index (χ2n) is 5.38. The van der Waals surface area contributed by atoms with E-state index in [4.69, 9.17) is 21.4 Å². The number of methoxy groups -OCH3 is 1. The van der Waals surface area contributed by atoms with Crippen molar-refractivity contribution in [2.45, 2.75) is 36.8 Å². The predicted molar refractivity (Wildman–Crippen MR) is 90.3 cm³/mol. The topological polar surface area (TPSA) is 66.8 Å². The third kappa shape index (κ3) is 4.40. The molecule has 2 unspecified atom stereocenters. The highest BCUT2D eigenvalue weighted by Crippen LogP contribution is 2.30. The molecule has 23 heavy (non-hydrogen) atoms. The summed E-state index contributed by atoms with van der Waals surface area (Å²) in [5, 5.41) is 9.66. The lowest BCUT2D eigenvalue weighted by molar-refractivity contribution is -0.137. The number of thioether (sulfide) groups is 1. The summed E-state index contributed by atoms with van der Waals surface area (Å²) in [5.74, 6) is -0.257. The zero-order valence-electron chi connectivity index (χ0n) is 13.1. The number of carbonyl (C=O) groups is 2. The molecule has 1 heterocycles. The molecule has 1 aliphatic heterocycles. The van der Waals surface area contributed by atoms with Crippen molar-refractivity contribution in [2.24, 2.45) is 0 Å². The first-order chi connectivity index (χ1) is 11.0. The first-order valence-electron chi connectivity index (χ1n) is 7.44. The number of aliphatic carboxylic acids is 1. The van der Waals surface area contributed by atoms with Gasteiger partial charge in [-0.25, -0.2) is 0 Å². The van der Waals surface area contributed by atoms with Crippen LogP contribution in [0.25, 0.3) is 0 Å². The van der Waals surface area contributed by atoms with Crippen molar-refractivity contribution < 1.29 is 19.4 Å². The van der Waals surface area contributed by atoms with E-state index in [2.05, 4.69) is 0 Å². The third-order valence-electron chi connectivity index (χ3n) is 3.85. The van der Waals surface area contributed by atoms with Crippen molar-refractivity contribution in [3.05, 3.63) is 28.8 Å². The molecule has 2 rings (SSSR count). The lowest BCUT2D eigenvalue weighted by Gasteiger charge is -2.24. The number of hydrogen-bond acceptors (Lipinski definition) is 4. The van der Waals surface area contributed by atoms with E-state index in [1.54, 1.807) is 42.0 Å². The fourth-order valence-electron chi connectivity index (χ4n) is 2.79. The van der Waals surface area contributed by atoms with Gasteiger partial charge in [0.2, 0.25) is 0 Å². The number of carboxylic acid groups (broad SMARTS) is 1. The molecule has 0 spiro atoms. The molecule has 5 nitrogen and oxygen atoms in total. The fraction of sp³-hybridized carbons (Fsp3) is 0.500. The Hall–Kier alpha value is -1.24. The lowest BCUT2D eigenvalue weighted by Crippen LogP contribution is -2.37. The highest BCUT2D eigenvalue weighted by molar-refractivity contribution is 7.99. The minimum atomic E-state index is -0.913. The Morgan fingerprint density at radius 1 is 1.48 bits per heavy atom. The average Bonchev–Trinajstić information content (AvgIpc) is 2.89. The highest BCUT2D eigenvalue weighted by Gasteiger charge is 2.37. The van der Waals surface area contributed by atoms with Gasteiger partial charge in [-0.3, -0.25) is 9.59 Å². The third-order valence-corrected chi connectivity index (χ3v) is 5.03. The maximum atomic E-state index is 12.9. The van der Waals surface area contributed by atoms with Crippen LogP contribution < -0.4 is 0 Å². The summed E-state index contributed by atoms with van der Waals surface area (Å²) in [6, 6.07) is 4.82. The Bertz CT molecular complexity index is 595. The number of benzene rings is 1. The molecule has 0 aliphatic carbocycles. The van der Waals surface area contributed by atoms with Crippen LogP contribution in [0.4, 0.5) is 0 Å². The van der Waals surface area contributed by atoms with Crippen LogP contribution in [0.3, 0.4) is 0 Å². The molecular weight excluding hydrogens is 338 g/mol. The van der Waals surface area contributed by atoms with Crippen LogP contribution in [0.15, 0.2) is 23.1 Å². The van der Waals surface area contributed by atoms with E-state index in [1.165, 1.54) is 0 Å². The number of rotatable bonds is 6. The molecule has 0 bridgehead atoms. The molecule has 2 atom stereocenters. The predicted octanol–water partition coefficient (Wildman–Crippen LogP) is 3.16. The molecule has 1 aliphatic rings. The first kappa shape index (κ1) is 18.1. The summed E-state index contributed by atoms with van der Waals surface area (Å²) < 4.78 is 5.32. The van der Waals surface area contributed by atoms with E-state index >= 15 is 0 Å². The van der Waals surface area contributed by atoms with Gasteiger partial charge in [0.05, 0.1) is 18.1 Å². The number of carbonyl (C=O) groups excluding carboxylic acids is 1. The van der Waals surface area contributed by atoms with Gasteiger partial charge < -0.3 is 14.7 Å². The summed E-state index contributed by atoms with van der Waals surface area (Å²) >= 11 is 7.57. The van der Waals surface area contributed by atoms with Crippen LogP contribution in [0.2, 0.25) is 5.02 Å². The number of nitrogens with zero attached hydrogens (tertiary/aromatic N) is 1. The van der Waals surface area contributed by atoms with Crippen molar-refractivity contribution in [3.63, 3.8) is 0 Å². The van der Waals surface area contributed by atoms with Gasteiger partial charge in [-0.05, 0) is 30.4 Å². The van der Waals surface area contributed by atoms with Gasteiger partial charge in [0, 0.05) is 29.6 Å². The molecule has 1 aromatic carbocycles. The smallest absolute Gasteiger partial charge is 0.305 e. The summed E-state index contributed by atoms with van der Waals surface area (Å²) in [5.41, 5.74) is 0.563. The SMILES string of the molecule is CCSc1cc(Cl)ccc1C(=O)N1CC(OC)CC1CC(=O)O. The first-order valence-corrected chi connectivity index (χ1v) is 8.80. The second kappa shape index (κ2) is 8.04. The van der Waals surface area contributed by atoms with Crippen molar-refractivity contribution in [2.75, 3.05) is 19.4 Å². The molecule has 126 valence electrons. The standard InChI is InChI=1S/C16H20ClNO4S/c1-3-23-14-6-10(17)4-5-13(14)16(21)18-9-12(22-2)7-11(18)8-15(19)20/h4-6,11-12H,3,7-9H2,1-2H3,(H,19,20). The Labute approximate surface area is 144 Å². The van der Waals surface area contributed by atoms with Crippen LogP contribution in [0.1, 0.15) is 30.1 Å². The van der Waals surface area contributed by atoms with Crippen LogP contribution in [0, 0.1) is 0 Å². The largest absolute Gasteiger partial charge is 0.481 e. The van der Waals surface area contributed by atoms with Crippen LogP contribution in [-0.2, 0) is 9.53 Å². The van der Waals surface area contributed by atoms with E-state index in [0.717, 1.165) is 10.6 Å². The zero-order valence-corrected chi connectivity index (χ0v) is 14.7. The Morgan fingerprint density at radius 3 is 2.83 bits per heavy atom. The highest BCUT2D eigenvalue weighted by atomic mass is 35.5. The maximum absolute atomic E-state index is 12.9. The van der Waals surface area contributed by atoms with Gasteiger partial charge in [-0.1, -0.05) is 18.5 Å². The van der Waals surface area contributed by atoms with Crippen molar-refractivity contribution in [3.8, 4) is 0 Å². The minimum Gasteiger partial charge on any atom is -0.481 e. The Balaban J connectivity index is 2.28. The summed E-state index contributed by atoms with van der Waals surface area (Å²) in [6.45, 7) is 2.41. The monoisotopic (exact) mass is 357 g/mol. The molecular formula is C16H20ClNO4S. The van der Waals surface area contributed by atoms with Crippen molar-refractivity contribution >= 4 is 35.2 Å². The molecule has 0 radical (unpaired) electrons. The summed E-state index contributed by atoms with van der Waals surface area (Å²) in [4.78, 5) is 26.4. The summed E-state index contributed by atoms with van der Waals surface area (Å²) in [6.07, 6.45) is 0.339. The second-order valence-corrected chi connectivity index (χ2v) is 7.12. The van der Waals surface area contributed by atoms with E-state index in [0.29, 0.717) is 23.6 Å². The molecule has 7 heteroatoms. The van der Waals surface area contributed by atoms with E-state index in [1.807, 2.05) is 6.92 Å². The minimum absolute atomic E-state index is 0.0740. The van der Waals surface area contributed by atoms with Crippen LogP contribution >= 0.6 is 23.4 Å². The molecule has 1 amide bonds. The number of hydrogen-bond donors (Lipinski definition) is 1. The van der Waals surface area contributed by atoms with Crippen LogP contribution in [0.5, 0.6) is 0 Å².